The number of nitrogens with two attached hydrogens (primary N) is 1. The number of carbonyl (C=O) groups is 1. The lowest BCUT2D eigenvalue weighted by Crippen LogP contribution is -2.26. The van der Waals surface area contributed by atoms with Crippen molar-refractivity contribution in [2.75, 3.05) is 6.61 Å². The third kappa shape index (κ3) is 4.56. The minimum Gasteiger partial charge on any atom is -0.478 e. The zero-order chi connectivity index (χ0) is 14.5. The second-order valence-electron chi connectivity index (χ2n) is 4.73. The largest absolute Gasteiger partial charge is 0.478 e. The molecule has 0 aromatic heterocycles. The van der Waals surface area contributed by atoms with Crippen molar-refractivity contribution in [2.24, 2.45) is 5.73 Å². The molecule has 0 aliphatic carbocycles. The number of rotatable bonds is 5. The summed E-state index contributed by atoms with van der Waals surface area (Å²) in [6.07, 6.45) is 0.617. The summed E-state index contributed by atoms with van der Waals surface area (Å²) in [7, 11) is 0. The SMILES string of the molecule is Cl.NC(CO)Cc1ccc(-c2cccc(C(=O)O)c2)cc1. The molecule has 0 fully saturated rings. The van der Waals surface area contributed by atoms with Crippen LogP contribution in [0.2, 0.25) is 0 Å². The van der Waals surface area contributed by atoms with E-state index in [1.165, 1.54) is 0 Å². The molecule has 5 heteroatoms. The molecule has 1 atom stereocenters. The van der Waals surface area contributed by atoms with Crippen molar-refractivity contribution in [3.8, 4) is 11.1 Å². The molecule has 4 N–H and O–H groups in total. The molecular formula is C16H18ClNO3. The van der Waals surface area contributed by atoms with Crippen LogP contribution in [0.25, 0.3) is 11.1 Å². The fourth-order valence-electron chi connectivity index (χ4n) is 2.03. The molecule has 2 rings (SSSR count). The van der Waals surface area contributed by atoms with Crippen molar-refractivity contribution in [3.05, 3.63) is 59.7 Å². The number of aromatic carboxylic acids is 1. The summed E-state index contributed by atoms with van der Waals surface area (Å²) in [5, 5.41) is 17.9. The highest BCUT2D eigenvalue weighted by atomic mass is 35.5. The third-order valence-electron chi connectivity index (χ3n) is 3.13. The molecule has 112 valence electrons. The predicted molar refractivity (Wildman–Crippen MR) is 84.9 cm³/mol. The number of aliphatic hydroxyl groups is 1. The predicted octanol–water partition coefficient (Wildman–Crippen LogP) is 2.34. The van der Waals surface area contributed by atoms with Gasteiger partial charge in [0.25, 0.3) is 0 Å². The van der Waals surface area contributed by atoms with Crippen molar-refractivity contribution in [3.63, 3.8) is 0 Å². The van der Waals surface area contributed by atoms with Crippen molar-refractivity contribution in [1.82, 2.24) is 0 Å². The fraction of sp³-hybridized carbons (Fsp3) is 0.188. The minimum atomic E-state index is -0.933. The van der Waals surface area contributed by atoms with Gasteiger partial charge in [-0.05, 0) is 35.2 Å². The third-order valence-corrected chi connectivity index (χ3v) is 3.13. The Kier molecular flexibility index (Phi) is 6.37. The van der Waals surface area contributed by atoms with Gasteiger partial charge in [0, 0.05) is 6.04 Å². The Balaban J connectivity index is 0.00000220. The highest BCUT2D eigenvalue weighted by molar-refractivity contribution is 5.89. The molecular weight excluding hydrogens is 290 g/mol. The number of hydrogen-bond donors (Lipinski definition) is 3. The van der Waals surface area contributed by atoms with Gasteiger partial charge in [-0.2, -0.15) is 0 Å². The highest BCUT2D eigenvalue weighted by Gasteiger charge is 2.06. The van der Waals surface area contributed by atoms with Gasteiger partial charge in [-0.3, -0.25) is 0 Å². The highest BCUT2D eigenvalue weighted by Crippen LogP contribution is 2.21. The molecule has 0 amide bonds. The van der Waals surface area contributed by atoms with Crippen molar-refractivity contribution in [1.29, 1.82) is 0 Å². The van der Waals surface area contributed by atoms with Gasteiger partial charge in [0.05, 0.1) is 12.2 Å². The Bertz CT molecular complexity index is 599. The zero-order valence-electron chi connectivity index (χ0n) is 11.4. The molecule has 0 aliphatic rings. The fourth-order valence-corrected chi connectivity index (χ4v) is 2.03. The first kappa shape index (κ1) is 17.2. The molecule has 2 aromatic rings. The number of benzene rings is 2. The summed E-state index contributed by atoms with van der Waals surface area (Å²) >= 11 is 0. The first-order valence-electron chi connectivity index (χ1n) is 6.39. The van der Waals surface area contributed by atoms with Crippen molar-refractivity contribution in [2.45, 2.75) is 12.5 Å². The maximum atomic E-state index is 11.0. The van der Waals surface area contributed by atoms with Crippen LogP contribution in [0.4, 0.5) is 0 Å². The van der Waals surface area contributed by atoms with Crippen LogP contribution < -0.4 is 5.73 Å². The number of aliphatic hydroxyl groups excluding tert-OH is 1. The minimum absolute atomic E-state index is 0. The van der Waals surface area contributed by atoms with E-state index in [2.05, 4.69) is 0 Å². The smallest absolute Gasteiger partial charge is 0.335 e. The van der Waals surface area contributed by atoms with Gasteiger partial charge in [-0.25, -0.2) is 4.79 Å². The normalized spacial score (nSPS) is 11.5. The Morgan fingerprint density at radius 2 is 1.76 bits per heavy atom. The van der Waals surface area contributed by atoms with E-state index in [1.54, 1.807) is 18.2 Å². The van der Waals surface area contributed by atoms with Crippen LogP contribution in [-0.4, -0.2) is 28.8 Å². The van der Waals surface area contributed by atoms with Gasteiger partial charge in [-0.15, -0.1) is 12.4 Å². The van der Waals surface area contributed by atoms with E-state index in [1.807, 2.05) is 30.3 Å². The number of carboxylic acid groups (broad SMARTS) is 1. The van der Waals surface area contributed by atoms with Crippen LogP contribution in [0, 0.1) is 0 Å². The summed E-state index contributed by atoms with van der Waals surface area (Å²) < 4.78 is 0. The number of hydrogen-bond acceptors (Lipinski definition) is 3. The van der Waals surface area contributed by atoms with E-state index >= 15 is 0 Å². The molecule has 0 radical (unpaired) electrons. The van der Waals surface area contributed by atoms with E-state index in [0.29, 0.717) is 6.42 Å². The summed E-state index contributed by atoms with van der Waals surface area (Å²) in [4.78, 5) is 11.0. The summed E-state index contributed by atoms with van der Waals surface area (Å²) in [6, 6.07) is 14.3. The van der Waals surface area contributed by atoms with Crippen LogP contribution >= 0.6 is 12.4 Å². The van der Waals surface area contributed by atoms with Crippen molar-refractivity contribution >= 4 is 18.4 Å². The first-order chi connectivity index (χ1) is 9.60. The Morgan fingerprint density at radius 1 is 1.10 bits per heavy atom. The lowest BCUT2D eigenvalue weighted by Gasteiger charge is -2.09. The van der Waals surface area contributed by atoms with Crippen molar-refractivity contribution < 1.29 is 15.0 Å². The molecule has 0 bridgehead atoms. The van der Waals surface area contributed by atoms with E-state index < -0.39 is 5.97 Å². The quantitative estimate of drug-likeness (QED) is 0.791. The standard InChI is InChI=1S/C16H17NO3.ClH/c17-15(10-18)8-11-4-6-12(7-5-11)13-2-1-3-14(9-13)16(19)20;/h1-7,9,15,18H,8,10,17H2,(H,19,20);1H. The summed E-state index contributed by atoms with van der Waals surface area (Å²) in [6.45, 7) is -0.0393. The second kappa shape index (κ2) is 7.78. The van der Waals surface area contributed by atoms with Crippen LogP contribution in [0.5, 0.6) is 0 Å². The molecule has 4 nitrogen and oxygen atoms in total. The number of carboxylic acids is 1. The maximum Gasteiger partial charge on any atom is 0.335 e. The monoisotopic (exact) mass is 307 g/mol. The van der Waals surface area contributed by atoms with E-state index in [9.17, 15) is 4.79 Å². The molecule has 0 saturated carbocycles. The van der Waals surface area contributed by atoms with Gasteiger partial charge in [0.1, 0.15) is 0 Å². The molecule has 0 saturated heterocycles. The van der Waals surface area contributed by atoms with E-state index in [-0.39, 0.29) is 30.6 Å². The molecule has 1 unspecified atom stereocenters. The summed E-state index contributed by atoms with van der Waals surface area (Å²) in [5.41, 5.74) is 8.83. The topological polar surface area (TPSA) is 83.5 Å². The maximum absolute atomic E-state index is 11.0. The summed E-state index contributed by atoms with van der Waals surface area (Å²) in [5.74, 6) is -0.933. The number of halogens is 1. The lowest BCUT2D eigenvalue weighted by molar-refractivity contribution is 0.0697. The zero-order valence-corrected chi connectivity index (χ0v) is 12.2. The van der Waals surface area contributed by atoms with Crippen LogP contribution in [-0.2, 0) is 6.42 Å². The molecule has 0 heterocycles. The Labute approximate surface area is 129 Å². The van der Waals surface area contributed by atoms with Crippen LogP contribution in [0.3, 0.4) is 0 Å². The van der Waals surface area contributed by atoms with Crippen LogP contribution in [0.15, 0.2) is 48.5 Å². The Hall–Kier alpha value is -1.88. The molecule has 0 spiro atoms. The lowest BCUT2D eigenvalue weighted by atomic mass is 10.00. The van der Waals surface area contributed by atoms with E-state index in [0.717, 1.165) is 16.7 Å². The van der Waals surface area contributed by atoms with Crippen LogP contribution in [0.1, 0.15) is 15.9 Å². The van der Waals surface area contributed by atoms with E-state index in [4.69, 9.17) is 15.9 Å². The van der Waals surface area contributed by atoms with Gasteiger partial charge in [0.15, 0.2) is 0 Å². The van der Waals surface area contributed by atoms with Gasteiger partial charge in [0.2, 0.25) is 0 Å². The Morgan fingerprint density at radius 3 is 2.33 bits per heavy atom. The molecule has 0 aliphatic heterocycles. The van der Waals surface area contributed by atoms with Gasteiger partial charge >= 0.3 is 5.97 Å². The molecule has 2 aromatic carbocycles. The van der Waals surface area contributed by atoms with Gasteiger partial charge < -0.3 is 15.9 Å². The first-order valence-corrected chi connectivity index (χ1v) is 6.39. The second-order valence-corrected chi connectivity index (χ2v) is 4.73. The van der Waals surface area contributed by atoms with Gasteiger partial charge in [-0.1, -0.05) is 36.4 Å². The molecule has 21 heavy (non-hydrogen) atoms. The average molecular weight is 308 g/mol. The average Bonchev–Trinajstić information content (AvgIpc) is 2.48.